The highest BCUT2D eigenvalue weighted by atomic mass is 16.6. The van der Waals surface area contributed by atoms with Crippen LogP contribution in [0.1, 0.15) is 84.0 Å². The third-order valence-electron chi connectivity index (χ3n) is 17.1. The molecule has 0 saturated heterocycles. The third-order valence-corrected chi connectivity index (χ3v) is 17.1. The minimum absolute atomic E-state index is 0.0778. The first kappa shape index (κ1) is 34.8. The Morgan fingerprint density at radius 1 is 0.980 bits per heavy atom. The molecule has 8 aliphatic carbocycles. The maximum Gasteiger partial charge on any atom is 0.332 e. The SMILES string of the molecule is CNCCNCC1=CC2CC3(O)C4(CCCCC15OC(=O)C=C5C24)CCC1C2(C=O)CCC(O)C4CC5C=CCC(C)C5CC(C(O)C13O)C42O. The lowest BCUT2D eigenvalue weighted by molar-refractivity contribution is -0.375. The fourth-order valence-electron chi connectivity index (χ4n) is 15.1. The van der Waals surface area contributed by atoms with E-state index in [0.717, 1.165) is 49.8 Å². The van der Waals surface area contributed by atoms with E-state index >= 15 is 0 Å². The number of aliphatic hydroxyl groups is 5. The van der Waals surface area contributed by atoms with E-state index in [2.05, 4.69) is 35.8 Å². The minimum Gasteiger partial charge on any atom is -0.447 e. The topological polar surface area (TPSA) is 169 Å². The van der Waals surface area contributed by atoms with E-state index in [0.29, 0.717) is 51.5 Å². The van der Waals surface area contributed by atoms with Crippen LogP contribution in [-0.2, 0) is 14.3 Å². The number of aldehydes is 1. The molecule has 10 nitrogen and oxygen atoms in total. The van der Waals surface area contributed by atoms with Crippen molar-refractivity contribution in [3.63, 3.8) is 0 Å². The molecule has 0 aromatic carbocycles. The second-order valence-electron chi connectivity index (χ2n) is 18.5. The van der Waals surface area contributed by atoms with Crippen molar-refractivity contribution in [3.05, 3.63) is 35.5 Å². The third kappa shape index (κ3) is 4.03. The molecule has 7 N–H and O–H groups in total. The monoisotopic (exact) mass is 706 g/mol. The molecule has 1 heterocycles. The number of esters is 1. The van der Waals surface area contributed by atoms with Crippen molar-refractivity contribution in [3.8, 4) is 0 Å². The molecule has 2 bridgehead atoms. The normalized spacial score (nSPS) is 54.9. The van der Waals surface area contributed by atoms with Gasteiger partial charge in [-0.2, -0.15) is 0 Å². The number of rotatable bonds is 6. The Bertz CT molecular complexity index is 1580. The van der Waals surface area contributed by atoms with Crippen molar-refractivity contribution < 1.29 is 39.9 Å². The van der Waals surface area contributed by atoms with Gasteiger partial charge in [0.2, 0.25) is 0 Å². The van der Waals surface area contributed by atoms with Gasteiger partial charge in [0.25, 0.3) is 0 Å². The van der Waals surface area contributed by atoms with Gasteiger partial charge in [-0.1, -0.05) is 31.6 Å². The number of carbonyl (C=O) groups excluding carboxylic acids is 2. The largest absolute Gasteiger partial charge is 0.447 e. The smallest absolute Gasteiger partial charge is 0.332 e. The number of ether oxygens (including phenoxy) is 1. The standard InChI is InChI=1S/C41H58N2O8/c1-23-6-5-7-24-17-28-31(45)8-12-37(22-44)32-9-13-36-10-3-4-11-38-26(21-43-15-14-42-2)16-25(34(36)29(38)19-33(46)51-38)20-39(36,48)41(32,50)35(47)30(18-27(23)24)40(28,37)49/h5,7,16,19,22-25,27-28,30-32,34-35,42-43,45,47-50H,3-4,6,8-15,17-18,20-21H2,1-2H3. The highest BCUT2D eigenvalue weighted by molar-refractivity contribution is 5.88. The van der Waals surface area contributed by atoms with Crippen LogP contribution in [0, 0.1) is 58.2 Å². The van der Waals surface area contributed by atoms with E-state index in [1.54, 1.807) is 6.08 Å². The lowest BCUT2D eigenvalue weighted by Gasteiger charge is -2.73. The van der Waals surface area contributed by atoms with Crippen LogP contribution in [0.2, 0.25) is 0 Å². The Kier molecular flexibility index (Phi) is 7.88. The summed E-state index contributed by atoms with van der Waals surface area (Å²) in [6, 6.07) is 0. The van der Waals surface area contributed by atoms with Crippen molar-refractivity contribution in [2.75, 3.05) is 26.7 Å². The van der Waals surface area contributed by atoms with Crippen LogP contribution in [0.5, 0.6) is 0 Å². The van der Waals surface area contributed by atoms with E-state index in [9.17, 15) is 35.1 Å². The molecule has 6 fully saturated rings. The van der Waals surface area contributed by atoms with E-state index in [-0.39, 0.29) is 48.4 Å². The molecule has 0 amide bonds. The number of aliphatic hydroxyl groups excluding tert-OH is 2. The summed E-state index contributed by atoms with van der Waals surface area (Å²) in [4.78, 5) is 27.2. The predicted octanol–water partition coefficient (Wildman–Crippen LogP) is 2.33. The van der Waals surface area contributed by atoms with Gasteiger partial charge in [0.05, 0.1) is 23.2 Å². The molecular formula is C41H58N2O8. The van der Waals surface area contributed by atoms with E-state index in [1.807, 2.05) is 7.05 Å². The highest BCUT2D eigenvalue weighted by Gasteiger charge is 2.85. The molecule has 9 aliphatic rings. The number of fused-ring (bicyclic) bond motifs is 4. The van der Waals surface area contributed by atoms with E-state index in [4.69, 9.17) is 4.74 Å². The highest BCUT2D eigenvalue weighted by Crippen LogP contribution is 2.78. The Labute approximate surface area is 301 Å². The van der Waals surface area contributed by atoms with Crippen molar-refractivity contribution in [1.29, 1.82) is 0 Å². The number of hydrogen-bond donors (Lipinski definition) is 7. The van der Waals surface area contributed by atoms with Gasteiger partial charge >= 0.3 is 5.97 Å². The lowest BCUT2D eigenvalue weighted by Crippen LogP contribution is -2.85. The van der Waals surface area contributed by atoms with E-state index in [1.165, 1.54) is 0 Å². The Balaban J connectivity index is 1.21. The molecule has 16 atom stereocenters. The first-order valence-corrected chi connectivity index (χ1v) is 20.1. The lowest BCUT2D eigenvalue weighted by atomic mass is 9.35. The van der Waals surface area contributed by atoms with E-state index < -0.39 is 63.2 Å². The molecule has 0 radical (unpaired) electrons. The molecule has 280 valence electrons. The molecule has 10 heteroatoms. The summed E-state index contributed by atoms with van der Waals surface area (Å²) in [5.41, 5.74) is -6.99. The molecule has 0 aromatic heterocycles. The zero-order chi connectivity index (χ0) is 35.8. The van der Waals surface area contributed by atoms with Gasteiger partial charge in [0.15, 0.2) is 5.60 Å². The zero-order valence-electron chi connectivity index (χ0n) is 30.2. The summed E-state index contributed by atoms with van der Waals surface area (Å²) in [5.74, 6) is -2.89. The summed E-state index contributed by atoms with van der Waals surface area (Å²) in [6.45, 7) is 4.23. The van der Waals surface area contributed by atoms with Gasteiger partial charge < -0.3 is 45.7 Å². The maximum absolute atomic E-state index is 13.9. The number of likely N-dealkylation sites (N-methyl/N-ethyl adjacent to an activating group) is 1. The first-order valence-electron chi connectivity index (χ1n) is 20.1. The van der Waals surface area contributed by atoms with Crippen molar-refractivity contribution in [2.45, 2.75) is 119 Å². The van der Waals surface area contributed by atoms with Crippen LogP contribution < -0.4 is 10.6 Å². The van der Waals surface area contributed by atoms with Gasteiger partial charge in [-0.05, 0) is 118 Å². The van der Waals surface area contributed by atoms with Crippen molar-refractivity contribution >= 4 is 12.3 Å². The molecule has 16 unspecified atom stereocenters. The second-order valence-corrected chi connectivity index (χ2v) is 18.5. The average molecular weight is 707 g/mol. The van der Waals surface area contributed by atoms with Gasteiger partial charge in [0.1, 0.15) is 17.5 Å². The quantitative estimate of drug-likeness (QED) is 0.0943. The maximum atomic E-state index is 13.9. The fraction of sp³-hybridized carbons (Fsp3) is 0.805. The Morgan fingerprint density at radius 3 is 2.57 bits per heavy atom. The zero-order valence-corrected chi connectivity index (χ0v) is 30.2. The summed E-state index contributed by atoms with van der Waals surface area (Å²) >= 11 is 0. The molecule has 1 spiro atoms. The molecule has 51 heavy (non-hydrogen) atoms. The second kappa shape index (κ2) is 11.5. The van der Waals surface area contributed by atoms with Crippen LogP contribution in [0.3, 0.4) is 0 Å². The Morgan fingerprint density at radius 2 is 1.78 bits per heavy atom. The van der Waals surface area contributed by atoms with Crippen molar-refractivity contribution in [1.82, 2.24) is 10.6 Å². The number of allylic oxidation sites excluding steroid dienone is 3. The predicted molar refractivity (Wildman–Crippen MR) is 188 cm³/mol. The summed E-state index contributed by atoms with van der Waals surface area (Å²) in [7, 11) is 1.91. The minimum atomic E-state index is -2.11. The first-order chi connectivity index (χ1) is 24.4. The summed E-state index contributed by atoms with van der Waals surface area (Å²) in [5, 5.41) is 72.2. The molecular weight excluding hydrogens is 648 g/mol. The van der Waals surface area contributed by atoms with Crippen molar-refractivity contribution in [2.24, 2.45) is 58.2 Å². The number of hydrogen-bond acceptors (Lipinski definition) is 10. The fourth-order valence-corrected chi connectivity index (χ4v) is 15.1. The average Bonchev–Trinajstić information content (AvgIpc) is 3.50. The molecule has 1 aliphatic heterocycles. The van der Waals surface area contributed by atoms with Gasteiger partial charge in [-0.15, -0.1) is 0 Å². The van der Waals surface area contributed by atoms with Gasteiger partial charge in [0, 0.05) is 48.9 Å². The number of nitrogens with one attached hydrogen (secondary N) is 2. The van der Waals surface area contributed by atoms with Crippen LogP contribution in [0.4, 0.5) is 0 Å². The van der Waals surface area contributed by atoms with Crippen LogP contribution in [0.25, 0.3) is 0 Å². The number of carbonyl (C=O) groups is 2. The van der Waals surface area contributed by atoms with Gasteiger partial charge in [-0.25, -0.2) is 4.79 Å². The molecule has 0 aromatic rings. The Hall–Kier alpha value is -1.92. The van der Waals surface area contributed by atoms with Crippen LogP contribution >= 0.6 is 0 Å². The van der Waals surface area contributed by atoms with Crippen LogP contribution in [0.15, 0.2) is 35.5 Å². The van der Waals surface area contributed by atoms with Gasteiger partial charge in [-0.3, -0.25) is 0 Å². The molecule has 6 saturated carbocycles. The summed E-state index contributed by atoms with van der Waals surface area (Å²) in [6.07, 6.45) is 12.9. The van der Waals surface area contributed by atoms with Crippen LogP contribution in [-0.4, -0.2) is 99.1 Å². The summed E-state index contributed by atoms with van der Waals surface area (Å²) < 4.78 is 6.31. The molecule has 9 rings (SSSR count).